The zero-order valence-corrected chi connectivity index (χ0v) is 14.7. The first kappa shape index (κ1) is 17.9. The molecule has 0 spiro atoms. The smallest absolute Gasteiger partial charge is 0.295 e. The minimum absolute atomic E-state index is 0.0600. The van der Waals surface area contributed by atoms with Crippen molar-refractivity contribution in [1.29, 1.82) is 0 Å². The number of alkyl halides is 3. The van der Waals surface area contributed by atoms with E-state index in [-0.39, 0.29) is 5.78 Å². The number of halogens is 3. The summed E-state index contributed by atoms with van der Waals surface area (Å²) in [4.78, 5) is 15.9. The summed E-state index contributed by atoms with van der Waals surface area (Å²) in [5.74, 6) is -0.0600. The summed E-state index contributed by atoms with van der Waals surface area (Å²) < 4.78 is 40.6. The number of carbonyl (C=O) groups excluding carboxylic acids is 1. The summed E-state index contributed by atoms with van der Waals surface area (Å²) in [6.45, 7) is 1.48. The topological polar surface area (TPSA) is 47.3 Å². The van der Waals surface area contributed by atoms with Gasteiger partial charge < -0.3 is 0 Å². The third-order valence-corrected chi connectivity index (χ3v) is 4.41. The summed E-state index contributed by atoms with van der Waals surface area (Å²) in [7, 11) is 0. The number of ketones is 1. The predicted molar refractivity (Wildman–Crippen MR) is 98.9 cm³/mol. The van der Waals surface area contributed by atoms with Gasteiger partial charge in [0.1, 0.15) is 0 Å². The second kappa shape index (κ2) is 6.60. The summed E-state index contributed by atoms with van der Waals surface area (Å²) in [5.41, 5.74) is 2.47. The van der Waals surface area contributed by atoms with Gasteiger partial charge >= 0.3 is 6.18 Å². The molecule has 7 heteroatoms. The van der Waals surface area contributed by atoms with E-state index in [9.17, 15) is 18.0 Å². The van der Waals surface area contributed by atoms with Crippen molar-refractivity contribution in [3.63, 3.8) is 0 Å². The number of aromatic nitrogens is 3. The molecule has 2 aromatic heterocycles. The van der Waals surface area contributed by atoms with Crippen LogP contribution in [0.15, 0.2) is 66.9 Å². The average molecular weight is 381 g/mol. The van der Waals surface area contributed by atoms with Crippen LogP contribution in [0.2, 0.25) is 0 Å². The van der Waals surface area contributed by atoms with Crippen LogP contribution in [0.25, 0.3) is 28.2 Å². The molecule has 0 unspecified atom stereocenters. The number of Topliss-reactive ketones (excluding diaryl/α,β-unsaturated/α-hetero) is 1. The second-order valence-electron chi connectivity index (χ2n) is 6.35. The lowest BCUT2D eigenvalue weighted by atomic mass is 10.1. The highest BCUT2D eigenvalue weighted by molar-refractivity contribution is 5.95. The molecule has 140 valence electrons. The highest BCUT2D eigenvalue weighted by Gasteiger charge is 2.30. The van der Waals surface area contributed by atoms with E-state index < -0.39 is 11.7 Å². The molecule has 4 rings (SSSR count). The minimum atomic E-state index is -4.43. The molecule has 0 bridgehead atoms. The van der Waals surface area contributed by atoms with Gasteiger partial charge in [0, 0.05) is 16.7 Å². The SMILES string of the molecule is CC(=O)c1cccc(-c2ccc3ncc(-c4cccc(C(F)(F)F)c4)n3n2)c1. The summed E-state index contributed by atoms with van der Waals surface area (Å²) in [6.07, 6.45) is -2.93. The van der Waals surface area contributed by atoms with Gasteiger partial charge in [0.05, 0.1) is 23.1 Å². The average Bonchev–Trinajstić information content (AvgIpc) is 3.10. The summed E-state index contributed by atoms with van der Waals surface area (Å²) in [6, 6.07) is 15.6. The maximum absolute atomic E-state index is 13.0. The molecule has 0 aliphatic rings. The van der Waals surface area contributed by atoms with Crippen LogP contribution < -0.4 is 0 Å². The molecule has 0 aliphatic heterocycles. The van der Waals surface area contributed by atoms with E-state index in [0.717, 1.165) is 17.7 Å². The Labute approximate surface area is 158 Å². The molecule has 0 amide bonds. The zero-order chi connectivity index (χ0) is 19.9. The van der Waals surface area contributed by atoms with Crippen molar-refractivity contribution < 1.29 is 18.0 Å². The van der Waals surface area contributed by atoms with E-state index in [1.54, 1.807) is 36.4 Å². The van der Waals surface area contributed by atoms with Crippen LogP contribution in [-0.4, -0.2) is 20.4 Å². The van der Waals surface area contributed by atoms with Gasteiger partial charge in [0.2, 0.25) is 0 Å². The number of benzene rings is 2. The molecule has 0 atom stereocenters. The van der Waals surface area contributed by atoms with Gasteiger partial charge in [-0.2, -0.15) is 18.3 Å². The van der Waals surface area contributed by atoms with Crippen molar-refractivity contribution in [1.82, 2.24) is 14.6 Å². The van der Waals surface area contributed by atoms with Gasteiger partial charge in [0.15, 0.2) is 11.4 Å². The third-order valence-electron chi connectivity index (χ3n) is 4.41. The number of imidazole rings is 1. The van der Waals surface area contributed by atoms with Crippen molar-refractivity contribution in [3.8, 4) is 22.5 Å². The van der Waals surface area contributed by atoms with Crippen LogP contribution in [0.4, 0.5) is 13.2 Å². The van der Waals surface area contributed by atoms with E-state index in [1.165, 1.54) is 23.7 Å². The highest BCUT2D eigenvalue weighted by Crippen LogP contribution is 2.32. The molecule has 28 heavy (non-hydrogen) atoms. The summed E-state index contributed by atoms with van der Waals surface area (Å²) in [5, 5.41) is 4.54. The zero-order valence-electron chi connectivity index (χ0n) is 14.7. The van der Waals surface area contributed by atoms with E-state index in [1.807, 2.05) is 6.07 Å². The molecule has 2 aromatic carbocycles. The van der Waals surface area contributed by atoms with Crippen LogP contribution in [0.1, 0.15) is 22.8 Å². The lowest BCUT2D eigenvalue weighted by Crippen LogP contribution is -2.05. The van der Waals surface area contributed by atoms with Crippen LogP contribution >= 0.6 is 0 Å². The van der Waals surface area contributed by atoms with E-state index >= 15 is 0 Å². The van der Waals surface area contributed by atoms with Gasteiger partial charge in [-0.3, -0.25) is 4.79 Å². The third kappa shape index (κ3) is 3.26. The molecule has 0 aliphatic carbocycles. The number of hydrogen-bond acceptors (Lipinski definition) is 3. The number of carbonyl (C=O) groups is 1. The highest BCUT2D eigenvalue weighted by atomic mass is 19.4. The fourth-order valence-corrected chi connectivity index (χ4v) is 2.98. The maximum atomic E-state index is 13.0. The predicted octanol–water partition coefficient (Wildman–Crippen LogP) is 5.28. The number of fused-ring (bicyclic) bond motifs is 1. The van der Waals surface area contributed by atoms with Gasteiger partial charge in [-0.1, -0.05) is 30.3 Å². The van der Waals surface area contributed by atoms with Crippen LogP contribution in [0.5, 0.6) is 0 Å². The molecule has 0 N–H and O–H groups in total. The molecule has 2 heterocycles. The van der Waals surface area contributed by atoms with E-state index in [2.05, 4.69) is 10.1 Å². The largest absolute Gasteiger partial charge is 0.416 e. The normalized spacial score (nSPS) is 11.7. The van der Waals surface area contributed by atoms with Gasteiger partial charge in [-0.25, -0.2) is 9.50 Å². The monoisotopic (exact) mass is 381 g/mol. The fraction of sp³-hybridized carbons (Fsp3) is 0.0952. The quantitative estimate of drug-likeness (QED) is 0.453. The first-order valence-corrected chi connectivity index (χ1v) is 8.47. The molecular weight excluding hydrogens is 367 g/mol. The Morgan fingerprint density at radius 1 is 0.964 bits per heavy atom. The van der Waals surface area contributed by atoms with E-state index in [4.69, 9.17) is 0 Å². The fourth-order valence-electron chi connectivity index (χ4n) is 2.98. The van der Waals surface area contributed by atoms with Gasteiger partial charge in [-0.05, 0) is 37.3 Å². The van der Waals surface area contributed by atoms with Crippen molar-refractivity contribution in [2.45, 2.75) is 13.1 Å². The molecular formula is C21H14F3N3O. The number of hydrogen-bond donors (Lipinski definition) is 0. The maximum Gasteiger partial charge on any atom is 0.416 e. The standard InChI is InChI=1S/C21H14F3N3O/c1-13(28)14-4-2-5-15(10-14)18-8-9-20-25-12-19(27(20)26-18)16-6-3-7-17(11-16)21(22,23)24/h2-12H,1H3. The Bertz CT molecular complexity index is 1190. The molecule has 0 fully saturated rings. The molecule has 0 radical (unpaired) electrons. The van der Waals surface area contributed by atoms with Crippen molar-refractivity contribution >= 4 is 11.4 Å². The minimum Gasteiger partial charge on any atom is -0.295 e. The van der Waals surface area contributed by atoms with Crippen LogP contribution in [-0.2, 0) is 6.18 Å². The Kier molecular flexibility index (Phi) is 4.22. The van der Waals surface area contributed by atoms with Crippen LogP contribution in [0, 0.1) is 0 Å². The number of nitrogens with zero attached hydrogens (tertiary/aromatic N) is 3. The van der Waals surface area contributed by atoms with Crippen molar-refractivity contribution in [2.75, 3.05) is 0 Å². The van der Waals surface area contributed by atoms with Crippen molar-refractivity contribution in [2.24, 2.45) is 0 Å². The lowest BCUT2D eigenvalue weighted by molar-refractivity contribution is -0.137. The molecule has 4 nitrogen and oxygen atoms in total. The summed E-state index contributed by atoms with van der Waals surface area (Å²) >= 11 is 0. The van der Waals surface area contributed by atoms with E-state index in [0.29, 0.717) is 28.2 Å². The number of rotatable bonds is 3. The molecule has 4 aromatic rings. The Morgan fingerprint density at radius 2 is 1.71 bits per heavy atom. The molecule has 0 saturated heterocycles. The van der Waals surface area contributed by atoms with Crippen molar-refractivity contribution in [3.05, 3.63) is 78.0 Å². The van der Waals surface area contributed by atoms with Crippen LogP contribution in [0.3, 0.4) is 0 Å². The Morgan fingerprint density at radius 3 is 2.46 bits per heavy atom. The second-order valence-corrected chi connectivity index (χ2v) is 6.35. The van der Waals surface area contributed by atoms with Gasteiger partial charge in [-0.15, -0.1) is 0 Å². The Hall–Kier alpha value is -3.48. The Balaban J connectivity index is 1.84. The van der Waals surface area contributed by atoms with Gasteiger partial charge in [0.25, 0.3) is 0 Å². The first-order valence-electron chi connectivity index (χ1n) is 8.47. The lowest BCUT2D eigenvalue weighted by Gasteiger charge is -2.09. The first-order chi connectivity index (χ1) is 13.3. The molecule has 0 saturated carbocycles.